The molecule has 0 saturated carbocycles. The molecule has 13 heavy (non-hydrogen) atoms. The molecule has 0 aliphatic rings. The third-order valence-corrected chi connectivity index (χ3v) is 2.33. The molecule has 0 spiro atoms. The molecule has 1 nitrogen and oxygen atoms in total. The summed E-state index contributed by atoms with van der Waals surface area (Å²) in [5.74, 6) is 0.764. The van der Waals surface area contributed by atoms with Crippen molar-refractivity contribution >= 4 is 11.6 Å². The second kappa shape index (κ2) is 12.2. The van der Waals surface area contributed by atoms with Gasteiger partial charge in [-0.1, -0.05) is 32.6 Å². The molecule has 0 aromatic rings. The van der Waals surface area contributed by atoms with Gasteiger partial charge in [0.25, 0.3) is 0 Å². The molecule has 0 radical (unpaired) electrons. The topological polar surface area (TPSA) is 9.23 Å². The van der Waals surface area contributed by atoms with Gasteiger partial charge in [0.15, 0.2) is 0 Å². The number of halogens is 1. The second-order valence-electron chi connectivity index (χ2n) is 3.42. The van der Waals surface area contributed by atoms with E-state index in [2.05, 4.69) is 6.92 Å². The summed E-state index contributed by atoms with van der Waals surface area (Å²) in [7, 11) is 0. The van der Waals surface area contributed by atoms with Gasteiger partial charge in [-0.25, -0.2) is 0 Å². The fourth-order valence-electron chi connectivity index (χ4n) is 1.21. The summed E-state index contributed by atoms with van der Waals surface area (Å²) in [6, 6.07) is 0. The molecule has 0 aliphatic heterocycles. The summed E-state index contributed by atoms with van der Waals surface area (Å²) >= 11 is 5.54. The first kappa shape index (κ1) is 13.2. The van der Waals surface area contributed by atoms with E-state index in [-0.39, 0.29) is 0 Å². The highest BCUT2D eigenvalue weighted by Gasteiger charge is 1.90. The summed E-state index contributed by atoms with van der Waals surface area (Å²) in [4.78, 5) is 0. The number of hydrogen-bond donors (Lipinski definition) is 0. The lowest BCUT2D eigenvalue weighted by atomic mass is 10.2. The fourth-order valence-corrected chi connectivity index (χ4v) is 1.40. The van der Waals surface area contributed by atoms with Crippen molar-refractivity contribution in [2.45, 2.75) is 51.9 Å². The Bertz CT molecular complexity index is 76.2. The zero-order valence-corrected chi connectivity index (χ0v) is 9.61. The quantitative estimate of drug-likeness (QED) is 0.388. The summed E-state index contributed by atoms with van der Waals surface area (Å²) < 4.78 is 5.46. The Kier molecular flexibility index (Phi) is 12.5. The lowest BCUT2D eigenvalue weighted by Gasteiger charge is -2.02. The van der Waals surface area contributed by atoms with Crippen molar-refractivity contribution in [3.63, 3.8) is 0 Å². The predicted octanol–water partition coefficient (Wildman–Crippen LogP) is 3.99. The molecular formula is C11H23ClO. The smallest absolute Gasteiger partial charge is 0.0466 e. The maximum Gasteiger partial charge on any atom is 0.0466 e. The zero-order valence-electron chi connectivity index (χ0n) is 8.86. The second-order valence-corrected chi connectivity index (χ2v) is 3.80. The first-order valence-electron chi connectivity index (χ1n) is 5.55. The average molecular weight is 207 g/mol. The molecule has 0 bridgehead atoms. The van der Waals surface area contributed by atoms with E-state index < -0.39 is 0 Å². The minimum absolute atomic E-state index is 0.764. The van der Waals surface area contributed by atoms with E-state index in [0.717, 1.165) is 31.9 Å². The zero-order chi connectivity index (χ0) is 9.78. The molecule has 0 rings (SSSR count). The lowest BCUT2D eigenvalue weighted by molar-refractivity contribution is 0.127. The molecule has 0 amide bonds. The Morgan fingerprint density at radius 3 is 2.08 bits per heavy atom. The Hall–Kier alpha value is 0.250. The largest absolute Gasteiger partial charge is 0.381 e. The summed E-state index contributed by atoms with van der Waals surface area (Å²) in [6.45, 7) is 4.06. The van der Waals surface area contributed by atoms with Crippen LogP contribution >= 0.6 is 11.6 Å². The highest BCUT2D eigenvalue weighted by molar-refractivity contribution is 6.17. The van der Waals surface area contributed by atoms with Crippen LogP contribution in [0.4, 0.5) is 0 Å². The van der Waals surface area contributed by atoms with Gasteiger partial charge in [-0.2, -0.15) is 0 Å². The molecule has 0 unspecified atom stereocenters. The average Bonchev–Trinajstić information content (AvgIpc) is 2.16. The van der Waals surface area contributed by atoms with Crippen LogP contribution in [0, 0.1) is 0 Å². The first-order valence-corrected chi connectivity index (χ1v) is 6.09. The Balaban J connectivity index is 2.76. The molecular weight excluding hydrogens is 184 g/mol. The van der Waals surface area contributed by atoms with Crippen molar-refractivity contribution in [2.75, 3.05) is 19.1 Å². The summed E-state index contributed by atoms with van der Waals surface area (Å²) in [6.07, 6.45) is 8.78. The van der Waals surface area contributed by atoms with Crippen LogP contribution in [-0.4, -0.2) is 19.1 Å². The van der Waals surface area contributed by atoms with Crippen LogP contribution in [0.25, 0.3) is 0 Å². The van der Waals surface area contributed by atoms with Gasteiger partial charge in [-0.05, 0) is 19.3 Å². The minimum Gasteiger partial charge on any atom is -0.381 e. The lowest BCUT2D eigenvalue weighted by Crippen LogP contribution is -1.97. The molecule has 2 heteroatoms. The Labute approximate surface area is 87.8 Å². The van der Waals surface area contributed by atoms with E-state index in [1.54, 1.807) is 0 Å². The van der Waals surface area contributed by atoms with Gasteiger partial charge < -0.3 is 4.74 Å². The van der Waals surface area contributed by atoms with Crippen molar-refractivity contribution in [3.8, 4) is 0 Å². The van der Waals surface area contributed by atoms with Gasteiger partial charge in [0.2, 0.25) is 0 Å². The van der Waals surface area contributed by atoms with Crippen molar-refractivity contribution in [1.29, 1.82) is 0 Å². The molecule has 0 saturated heterocycles. The van der Waals surface area contributed by atoms with E-state index in [9.17, 15) is 0 Å². The van der Waals surface area contributed by atoms with Crippen LogP contribution in [0.5, 0.6) is 0 Å². The highest BCUT2D eigenvalue weighted by Crippen LogP contribution is 2.02. The van der Waals surface area contributed by atoms with Gasteiger partial charge in [-0.15, -0.1) is 11.6 Å². The Morgan fingerprint density at radius 2 is 1.46 bits per heavy atom. The van der Waals surface area contributed by atoms with E-state index >= 15 is 0 Å². The molecule has 0 aromatic carbocycles. The van der Waals surface area contributed by atoms with Gasteiger partial charge in [0.1, 0.15) is 0 Å². The van der Waals surface area contributed by atoms with Gasteiger partial charge >= 0.3 is 0 Å². The minimum atomic E-state index is 0.764. The standard InChI is InChI=1S/C11H23ClO/c1-2-3-4-5-7-10-13-11-8-6-9-12/h2-11H2,1H3. The third-order valence-electron chi connectivity index (χ3n) is 2.06. The van der Waals surface area contributed by atoms with Gasteiger partial charge in [0.05, 0.1) is 0 Å². The summed E-state index contributed by atoms with van der Waals surface area (Å²) in [5.41, 5.74) is 0. The molecule has 0 atom stereocenters. The fraction of sp³-hybridized carbons (Fsp3) is 1.00. The van der Waals surface area contributed by atoms with Crippen molar-refractivity contribution in [2.24, 2.45) is 0 Å². The number of rotatable bonds is 10. The molecule has 0 aromatic heterocycles. The molecule has 0 aliphatic carbocycles. The van der Waals surface area contributed by atoms with E-state index in [0.29, 0.717) is 0 Å². The molecule has 0 N–H and O–H groups in total. The number of unbranched alkanes of at least 4 members (excludes halogenated alkanes) is 5. The third kappa shape index (κ3) is 12.2. The number of alkyl halides is 1. The van der Waals surface area contributed by atoms with Crippen LogP contribution in [0.2, 0.25) is 0 Å². The van der Waals surface area contributed by atoms with Crippen LogP contribution in [0.1, 0.15) is 51.9 Å². The normalized spacial score (nSPS) is 10.6. The maximum atomic E-state index is 5.54. The van der Waals surface area contributed by atoms with Crippen LogP contribution in [0.3, 0.4) is 0 Å². The van der Waals surface area contributed by atoms with Crippen LogP contribution < -0.4 is 0 Å². The van der Waals surface area contributed by atoms with E-state index in [4.69, 9.17) is 16.3 Å². The number of ether oxygens (including phenoxy) is 1. The van der Waals surface area contributed by atoms with E-state index in [1.165, 1.54) is 32.1 Å². The number of hydrogen-bond acceptors (Lipinski definition) is 1. The van der Waals surface area contributed by atoms with Gasteiger partial charge in [-0.3, -0.25) is 0 Å². The van der Waals surface area contributed by atoms with Crippen LogP contribution in [-0.2, 0) is 4.74 Å². The van der Waals surface area contributed by atoms with Gasteiger partial charge in [0, 0.05) is 19.1 Å². The first-order chi connectivity index (χ1) is 6.41. The van der Waals surface area contributed by atoms with Crippen molar-refractivity contribution in [1.82, 2.24) is 0 Å². The van der Waals surface area contributed by atoms with E-state index in [1.807, 2.05) is 0 Å². The highest BCUT2D eigenvalue weighted by atomic mass is 35.5. The van der Waals surface area contributed by atoms with Crippen molar-refractivity contribution in [3.05, 3.63) is 0 Å². The maximum absolute atomic E-state index is 5.54. The van der Waals surface area contributed by atoms with Crippen LogP contribution in [0.15, 0.2) is 0 Å². The van der Waals surface area contributed by atoms with Crippen molar-refractivity contribution < 1.29 is 4.74 Å². The monoisotopic (exact) mass is 206 g/mol. The molecule has 0 fully saturated rings. The predicted molar refractivity (Wildman–Crippen MR) is 59.5 cm³/mol. The molecule has 80 valence electrons. The summed E-state index contributed by atoms with van der Waals surface area (Å²) in [5, 5.41) is 0. The molecule has 0 heterocycles. The SMILES string of the molecule is CCCCCCCOCCCCCl. The Morgan fingerprint density at radius 1 is 0.846 bits per heavy atom.